The largest absolute Gasteiger partial charge is 0.495 e. The van der Waals surface area contributed by atoms with Crippen molar-refractivity contribution in [2.24, 2.45) is 11.3 Å². The fraction of sp³-hybridized carbons (Fsp3) is 0.579. The Bertz CT molecular complexity index is 647. The molecule has 1 atom stereocenters. The average Bonchev–Trinajstić information content (AvgIpc) is 3.02. The maximum absolute atomic E-state index is 12.6. The standard InChI is InChI=1S/C19H27N3O3.ClH/c1-19(7-9-20-10-8-19)13-21-18(24)14-11-17(23)22(12-14)15-5-3-4-6-16(15)25-2;/h3-6,14,20H,7-13H2,1-2H3,(H,21,24);1H. The fourth-order valence-electron chi connectivity index (χ4n) is 3.62. The van der Waals surface area contributed by atoms with E-state index in [0.29, 0.717) is 18.8 Å². The average molecular weight is 382 g/mol. The molecule has 0 saturated carbocycles. The van der Waals surface area contributed by atoms with Crippen LogP contribution < -0.4 is 20.3 Å². The van der Waals surface area contributed by atoms with E-state index in [1.165, 1.54) is 0 Å². The number of benzene rings is 1. The van der Waals surface area contributed by atoms with E-state index < -0.39 is 0 Å². The number of anilines is 1. The summed E-state index contributed by atoms with van der Waals surface area (Å²) < 4.78 is 5.34. The van der Waals surface area contributed by atoms with Crippen molar-refractivity contribution in [3.63, 3.8) is 0 Å². The predicted octanol–water partition coefficient (Wildman–Crippen LogP) is 1.98. The van der Waals surface area contributed by atoms with E-state index in [4.69, 9.17) is 4.74 Å². The lowest BCUT2D eigenvalue weighted by molar-refractivity contribution is -0.126. The number of hydrogen-bond acceptors (Lipinski definition) is 4. The summed E-state index contributed by atoms with van der Waals surface area (Å²) in [5, 5.41) is 6.43. The normalized spacial score (nSPS) is 21.8. The highest BCUT2D eigenvalue weighted by Crippen LogP contribution is 2.33. The van der Waals surface area contributed by atoms with Gasteiger partial charge in [-0.1, -0.05) is 19.1 Å². The molecule has 3 rings (SSSR count). The Morgan fingerprint density at radius 1 is 1.35 bits per heavy atom. The second-order valence-corrected chi connectivity index (χ2v) is 7.36. The number of nitrogens with one attached hydrogen (secondary N) is 2. The summed E-state index contributed by atoms with van der Waals surface area (Å²) in [6.45, 7) is 5.29. The van der Waals surface area contributed by atoms with E-state index >= 15 is 0 Å². The molecule has 1 unspecified atom stereocenters. The van der Waals surface area contributed by atoms with Crippen molar-refractivity contribution in [3.8, 4) is 5.75 Å². The van der Waals surface area contributed by atoms with Gasteiger partial charge in [-0.05, 0) is 43.5 Å². The molecule has 0 aromatic heterocycles. The number of halogens is 1. The second-order valence-electron chi connectivity index (χ2n) is 7.36. The number of carbonyl (C=O) groups excluding carboxylic acids is 2. The first-order chi connectivity index (χ1) is 12.0. The molecule has 0 aliphatic carbocycles. The van der Waals surface area contributed by atoms with Gasteiger partial charge in [0, 0.05) is 19.5 Å². The minimum absolute atomic E-state index is 0. The summed E-state index contributed by atoms with van der Waals surface area (Å²) in [4.78, 5) is 26.6. The molecule has 6 nitrogen and oxygen atoms in total. The van der Waals surface area contributed by atoms with Crippen LogP contribution in [-0.2, 0) is 9.59 Å². The van der Waals surface area contributed by atoms with E-state index in [-0.39, 0.29) is 42.0 Å². The molecule has 1 aromatic carbocycles. The Balaban J connectivity index is 0.00000243. The Morgan fingerprint density at radius 2 is 2.04 bits per heavy atom. The molecule has 0 radical (unpaired) electrons. The van der Waals surface area contributed by atoms with E-state index in [1.54, 1.807) is 12.0 Å². The zero-order valence-corrected chi connectivity index (χ0v) is 16.2. The maximum atomic E-state index is 12.6. The van der Waals surface area contributed by atoms with Crippen LogP contribution in [-0.4, -0.2) is 45.1 Å². The third-order valence-electron chi connectivity index (χ3n) is 5.37. The summed E-state index contributed by atoms with van der Waals surface area (Å²) in [6, 6.07) is 7.42. The predicted molar refractivity (Wildman–Crippen MR) is 104 cm³/mol. The first-order valence-electron chi connectivity index (χ1n) is 8.94. The number of para-hydroxylation sites is 2. The maximum Gasteiger partial charge on any atom is 0.227 e. The van der Waals surface area contributed by atoms with Gasteiger partial charge >= 0.3 is 0 Å². The number of nitrogens with zero attached hydrogens (tertiary/aromatic N) is 1. The Hall–Kier alpha value is -1.79. The topological polar surface area (TPSA) is 70.7 Å². The van der Waals surface area contributed by atoms with E-state index in [1.807, 2.05) is 24.3 Å². The van der Waals surface area contributed by atoms with Crippen molar-refractivity contribution in [1.82, 2.24) is 10.6 Å². The first kappa shape index (κ1) is 20.5. The van der Waals surface area contributed by atoms with Crippen molar-refractivity contribution in [1.29, 1.82) is 0 Å². The number of carbonyl (C=O) groups is 2. The van der Waals surface area contributed by atoms with Gasteiger partial charge in [-0.15, -0.1) is 12.4 Å². The van der Waals surface area contributed by atoms with Crippen molar-refractivity contribution in [2.75, 3.05) is 38.2 Å². The van der Waals surface area contributed by atoms with Crippen LogP contribution in [0.2, 0.25) is 0 Å². The van der Waals surface area contributed by atoms with Gasteiger partial charge in [-0.3, -0.25) is 9.59 Å². The molecule has 0 spiro atoms. The summed E-state index contributed by atoms with van der Waals surface area (Å²) in [7, 11) is 1.59. The number of piperidine rings is 1. The van der Waals surface area contributed by atoms with Gasteiger partial charge in [0.2, 0.25) is 11.8 Å². The smallest absolute Gasteiger partial charge is 0.227 e. The third-order valence-corrected chi connectivity index (χ3v) is 5.37. The summed E-state index contributed by atoms with van der Waals surface area (Å²) >= 11 is 0. The van der Waals surface area contributed by atoms with Gasteiger partial charge in [-0.2, -0.15) is 0 Å². The van der Waals surface area contributed by atoms with Crippen LogP contribution >= 0.6 is 12.4 Å². The third kappa shape index (κ3) is 4.48. The molecule has 0 bridgehead atoms. The Labute approximate surface area is 161 Å². The van der Waals surface area contributed by atoms with Crippen molar-refractivity contribution in [2.45, 2.75) is 26.2 Å². The van der Waals surface area contributed by atoms with Crippen LogP contribution in [0.3, 0.4) is 0 Å². The minimum Gasteiger partial charge on any atom is -0.495 e. The molecule has 2 heterocycles. The van der Waals surface area contributed by atoms with Crippen molar-refractivity contribution in [3.05, 3.63) is 24.3 Å². The van der Waals surface area contributed by atoms with E-state index in [9.17, 15) is 9.59 Å². The summed E-state index contributed by atoms with van der Waals surface area (Å²) in [5.41, 5.74) is 0.877. The highest BCUT2D eigenvalue weighted by Gasteiger charge is 2.37. The fourth-order valence-corrected chi connectivity index (χ4v) is 3.62. The number of amides is 2. The zero-order valence-electron chi connectivity index (χ0n) is 15.4. The Morgan fingerprint density at radius 3 is 2.73 bits per heavy atom. The first-order valence-corrected chi connectivity index (χ1v) is 8.94. The van der Waals surface area contributed by atoms with Crippen molar-refractivity contribution >= 4 is 29.9 Å². The molecule has 2 aliphatic heterocycles. The van der Waals surface area contributed by atoms with Gasteiger partial charge in [-0.25, -0.2) is 0 Å². The van der Waals surface area contributed by atoms with Gasteiger partial charge < -0.3 is 20.3 Å². The molecule has 2 aliphatic rings. The van der Waals surface area contributed by atoms with E-state index in [0.717, 1.165) is 31.6 Å². The van der Waals surface area contributed by atoms with Gasteiger partial charge in [0.15, 0.2) is 0 Å². The lowest BCUT2D eigenvalue weighted by atomic mass is 9.81. The SMILES string of the molecule is COc1ccccc1N1CC(C(=O)NCC2(C)CCNCC2)CC1=O.Cl. The van der Waals surface area contributed by atoms with Crippen LogP contribution in [0.25, 0.3) is 0 Å². The van der Waals surface area contributed by atoms with Gasteiger partial charge in [0.25, 0.3) is 0 Å². The van der Waals surface area contributed by atoms with E-state index in [2.05, 4.69) is 17.6 Å². The monoisotopic (exact) mass is 381 g/mol. The molecular weight excluding hydrogens is 354 g/mol. The number of rotatable bonds is 5. The lowest BCUT2D eigenvalue weighted by Crippen LogP contribution is -2.44. The molecule has 7 heteroatoms. The molecule has 2 N–H and O–H groups in total. The van der Waals surface area contributed by atoms with Crippen molar-refractivity contribution < 1.29 is 14.3 Å². The molecule has 144 valence electrons. The summed E-state index contributed by atoms with van der Waals surface area (Å²) in [6.07, 6.45) is 2.37. The molecule has 26 heavy (non-hydrogen) atoms. The summed E-state index contributed by atoms with van der Waals surface area (Å²) in [5.74, 6) is 0.296. The molecular formula is C19H28ClN3O3. The Kier molecular flexibility index (Phi) is 6.89. The number of methoxy groups -OCH3 is 1. The highest BCUT2D eigenvalue weighted by molar-refractivity contribution is 6.01. The molecule has 2 fully saturated rings. The zero-order chi connectivity index (χ0) is 17.9. The van der Waals surface area contributed by atoms with Crippen LogP contribution in [0.5, 0.6) is 5.75 Å². The molecule has 2 saturated heterocycles. The van der Waals surface area contributed by atoms with Crippen LogP contribution in [0, 0.1) is 11.3 Å². The quantitative estimate of drug-likeness (QED) is 0.818. The molecule has 2 amide bonds. The van der Waals surface area contributed by atoms with Crippen LogP contribution in [0.4, 0.5) is 5.69 Å². The number of hydrogen-bond donors (Lipinski definition) is 2. The lowest BCUT2D eigenvalue weighted by Gasteiger charge is -2.34. The van der Waals surface area contributed by atoms with Crippen LogP contribution in [0.15, 0.2) is 24.3 Å². The van der Waals surface area contributed by atoms with Crippen LogP contribution in [0.1, 0.15) is 26.2 Å². The number of ether oxygens (including phenoxy) is 1. The molecule has 1 aromatic rings. The van der Waals surface area contributed by atoms with Gasteiger partial charge in [0.05, 0.1) is 18.7 Å². The highest BCUT2D eigenvalue weighted by atomic mass is 35.5. The second kappa shape index (κ2) is 8.73. The van der Waals surface area contributed by atoms with Gasteiger partial charge in [0.1, 0.15) is 5.75 Å². The minimum atomic E-state index is -0.303.